The molecule has 0 bridgehead atoms. The zero-order valence-electron chi connectivity index (χ0n) is 5.00. The van der Waals surface area contributed by atoms with Crippen LogP contribution in [0.3, 0.4) is 0 Å². The summed E-state index contributed by atoms with van der Waals surface area (Å²) in [6.45, 7) is 0. The van der Waals surface area contributed by atoms with Crippen LogP contribution in [0.4, 0.5) is 0 Å². The van der Waals surface area contributed by atoms with E-state index in [4.69, 9.17) is 4.94 Å². The first-order chi connectivity index (χ1) is 4.47. The molecule has 0 unspecified atom stereocenters. The summed E-state index contributed by atoms with van der Waals surface area (Å²) in [5, 5.41) is 1.74. The Morgan fingerprint density at radius 1 is 1.67 bits per heavy atom. The summed E-state index contributed by atoms with van der Waals surface area (Å²) in [7, 11) is 0. The van der Waals surface area contributed by atoms with Crippen molar-refractivity contribution in [2.75, 3.05) is 0 Å². The predicted octanol–water partition coefficient (Wildman–Crippen LogP) is 0.887. The van der Waals surface area contributed by atoms with Gasteiger partial charge in [-0.2, -0.15) is 4.94 Å². The van der Waals surface area contributed by atoms with Crippen molar-refractivity contribution in [1.82, 2.24) is 10.5 Å². The molecule has 0 amide bonds. The van der Waals surface area contributed by atoms with E-state index in [9.17, 15) is 0 Å². The number of allylic oxidation sites excluding steroid dienone is 2. The summed E-state index contributed by atoms with van der Waals surface area (Å²) < 4.78 is 0. The van der Waals surface area contributed by atoms with Gasteiger partial charge < -0.3 is 0 Å². The predicted molar refractivity (Wildman–Crippen MR) is 32.5 cm³/mol. The normalized spacial score (nSPS) is 23.1. The summed E-state index contributed by atoms with van der Waals surface area (Å²) in [5.41, 5.74) is 3.88. The molecule has 0 aliphatic carbocycles. The molecular weight excluding hydrogens is 116 g/mol. The van der Waals surface area contributed by atoms with Crippen LogP contribution >= 0.6 is 0 Å². The Morgan fingerprint density at radius 2 is 2.67 bits per heavy atom. The Balaban J connectivity index is 2.23. The van der Waals surface area contributed by atoms with Gasteiger partial charge in [-0.1, -0.05) is 6.08 Å². The van der Waals surface area contributed by atoms with E-state index in [1.54, 1.807) is 5.06 Å². The van der Waals surface area contributed by atoms with Gasteiger partial charge in [0, 0.05) is 12.4 Å². The second-order valence-electron chi connectivity index (χ2n) is 2.09. The molecule has 1 N–H and O–H groups in total. The van der Waals surface area contributed by atoms with Crippen molar-refractivity contribution < 1.29 is 4.94 Å². The maximum absolute atomic E-state index is 4.96. The van der Waals surface area contributed by atoms with E-state index in [-0.39, 0.29) is 0 Å². The van der Waals surface area contributed by atoms with Crippen LogP contribution in [0.5, 0.6) is 0 Å². The Labute approximate surface area is 53.5 Å². The van der Waals surface area contributed by atoms with E-state index in [2.05, 4.69) is 11.6 Å². The minimum atomic E-state index is 1.07. The Hall–Kier alpha value is -0.960. The van der Waals surface area contributed by atoms with Gasteiger partial charge in [-0.25, -0.2) is 10.5 Å². The molecule has 0 radical (unpaired) electrons. The van der Waals surface area contributed by atoms with Gasteiger partial charge in [0.15, 0.2) is 0 Å². The van der Waals surface area contributed by atoms with Crippen LogP contribution in [0.2, 0.25) is 0 Å². The molecule has 0 atom stereocenters. The molecule has 2 aliphatic rings. The topological polar surface area (TPSA) is 24.5 Å². The van der Waals surface area contributed by atoms with Gasteiger partial charge in [0.05, 0.1) is 5.70 Å². The minimum Gasteiger partial charge on any atom is -0.247 e. The third kappa shape index (κ3) is 0.695. The van der Waals surface area contributed by atoms with Gasteiger partial charge in [-0.3, -0.25) is 0 Å². The number of hydrogen-bond donors (Lipinski definition) is 1. The smallest absolute Gasteiger partial charge is 0.0671 e. The molecule has 0 fully saturated rings. The van der Waals surface area contributed by atoms with Gasteiger partial charge >= 0.3 is 0 Å². The maximum atomic E-state index is 4.96. The van der Waals surface area contributed by atoms with Crippen molar-refractivity contribution in [2.24, 2.45) is 0 Å². The largest absolute Gasteiger partial charge is 0.247 e. The molecule has 0 spiro atoms. The van der Waals surface area contributed by atoms with Crippen LogP contribution in [-0.2, 0) is 4.94 Å². The van der Waals surface area contributed by atoms with Gasteiger partial charge in [0.25, 0.3) is 0 Å². The molecule has 0 aromatic carbocycles. The minimum absolute atomic E-state index is 1.07. The summed E-state index contributed by atoms with van der Waals surface area (Å²) in [4.78, 5) is 4.96. The monoisotopic (exact) mass is 124 g/mol. The summed E-state index contributed by atoms with van der Waals surface area (Å²) in [6.07, 6.45) is 8.08. The van der Waals surface area contributed by atoms with Gasteiger partial charge in [0.2, 0.25) is 0 Å². The average Bonchev–Trinajstić information content (AvgIpc) is 2.33. The van der Waals surface area contributed by atoms with Crippen LogP contribution < -0.4 is 5.48 Å². The third-order valence-electron chi connectivity index (χ3n) is 1.47. The molecular formula is C6H8N2O. The van der Waals surface area contributed by atoms with Gasteiger partial charge in [0.1, 0.15) is 0 Å². The molecule has 3 nitrogen and oxygen atoms in total. The Bertz CT molecular complexity index is 174. The molecule has 9 heavy (non-hydrogen) atoms. The maximum Gasteiger partial charge on any atom is 0.0671 e. The molecule has 0 aromatic rings. The lowest BCUT2D eigenvalue weighted by atomic mass is 10.2. The molecule has 0 saturated carbocycles. The Kier molecular flexibility index (Phi) is 0.960. The van der Waals surface area contributed by atoms with Crippen molar-refractivity contribution in [2.45, 2.75) is 12.8 Å². The van der Waals surface area contributed by atoms with E-state index in [0.29, 0.717) is 0 Å². The highest BCUT2D eigenvalue weighted by Gasteiger charge is 2.15. The Morgan fingerprint density at radius 3 is 3.56 bits per heavy atom. The summed E-state index contributed by atoms with van der Waals surface area (Å²) in [6, 6.07) is 0. The molecule has 48 valence electrons. The van der Waals surface area contributed by atoms with Crippen LogP contribution in [0.15, 0.2) is 24.2 Å². The number of nitrogens with one attached hydrogen (secondary N) is 1. The van der Waals surface area contributed by atoms with E-state index in [1.807, 2.05) is 12.4 Å². The summed E-state index contributed by atoms with van der Waals surface area (Å²) in [5.74, 6) is 0. The highest BCUT2D eigenvalue weighted by Crippen LogP contribution is 2.20. The number of rotatable bonds is 0. The fourth-order valence-electron chi connectivity index (χ4n) is 0.983. The molecule has 2 rings (SSSR count). The lowest BCUT2D eigenvalue weighted by molar-refractivity contribution is -0.117. The van der Waals surface area contributed by atoms with Crippen molar-refractivity contribution in [3.8, 4) is 0 Å². The second-order valence-corrected chi connectivity index (χ2v) is 2.09. The van der Waals surface area contributed by atoms with Crippen LogP contribution in [0.25, 0.3) is 0 Å². The third-order valence-corrected chi connectivity index (χ3v) is 1.47. The zero-order chi connectivity index (χ0) is 6.10. The first-order valence-corrected chi connectivity index (χ1v) is 3.04. The molecule has 3 heteroatoms. The average molecular weight is 124 g/mol. The first kappa shape index (κ1) is 4.88. The number of hydroxylamine groups is 3. The van der Waals surface area contributed by atoms with Crippen molar-refractivity contribution in [3.63, 3.8) is 0 Å². The van der Waals surface area contributed by atoms with E-state index >= 15 is 0 Å². The molecule has 2 aliphatic heterocycles. The number of hydrogen-bond acceptors (Lipinski definition) is 3. The fourth-order valence-corrected chi connectivity index (χ4v) is 0.983. The number of nitrogens with zero attached hydrogens (tertiary/aromatic N) is 1. The van der Waals surface area contributed by atoms with Gasteiger partial charge in [-0.05, 0) is 12.8 Å². The van der Waals surface area contributed by atoms with Crippen molar-refractivity contribution in [3.05, 3.63) is 24.2 Å². The van der Waals surface area contributed by atoms with Crippen LogP contribution in [0.1, 0.15) is 12.8 Å². The highest BCUT2D eigenvalue weighted by atomic mass is 16.8. The van der Waals surface area contributed by atoms with Crippen LogP contribution in [0, 0.1) is 0 Å². The lowest BCUT2D eigenvalue weighted by Crippen LogP contribution is -2.16. The van der Waals surface area contributed by atoms with Crippen molar-refractivity contribution in [1.29, 1.82) is 0 Å². The standard InChI is InChI=1S/C6H8N2O/c1-2-4-8-6(3-1)5-7-9-8/h2,4-5,7H,1,3H2. The van der Waals surface area contributed by atoms with E-state index < -0.39 is 0 Å². The zero-order valence-corrected chi connectivity index (χ0v) is 5.00. The van der Waals surface area contributed by atoms with Gasteiger partial charge in [-0.15, -0.1) is 0 Å². The molecule has 0 saturated heterocycles. The van der Waals surface area contributed by atoms with Crippen molar-refractivity contribution >= 4 is 0 Å². The lowest BCUT2D eigenvalue weighted by Gasteiger charge is -2.16. The summed E-state index contributed by atoms with van der Waals surface area (Å²) >= 11 is 0. The van der Waals surface area contributed by atoms with Crippen LogP contribution in [-0.4, -0.2) is 5.06 Å². The van der Waals surface area contributed by atoms with E-state index in [1.165, 1.54) is 5.70 Å². The second kappa shape index (κ2) is 1.77. The quantitative estimate of drug-likeness (QED) is 0.519. The van der Waals surface area contributed by atoms with E-state index in [0.717, 1.165) is 12.8 Å². The molecule has 2 heterocycles. The fraction of sp³-hybridized carbons (Fsp3) is 0.333. The molecule has 0 aromatic heterocycles. The highest BCUT2D eigenvalue weighted by molar-refractivity contribution is 5.08. The SMILES string of the molecule is C1=CN2ONC=C2CC1. The number of fused-ring (bicyclic) bond motifs is 1. The first-order valence-electron chi connectivity index (χ1n) is 3.04.